The molecule has 4 N–H and O–H groups in total. The molecule has 0 saturated carbocycles. The first-order chi connectivity index (χ1) is 12.5. The van der Waals surface area contributed by atoms with Crippen molar-refractivity contribution < 1.29 is 14.3 Å². The molecule has 0 saturated heterocycles. The van der Waals surface area contributed by atoms with E-state index in [1.807, 2.05) is 0 Å². The third kappa shape index (κ3) is 3.00. The fourth-order valence-corrected chi connectivity index (χ4v) is 2.92. The number of fused-ring (bicyclic) bond motifs is 1. The summed E-state index contributed by atoms with van der Waals surface area (Å²) in [5, 5.41) is 0.333. The van der Waals surface area contributed by atoms with Crippen LogP contribution >= 0.6 is 11.6 Å². The molecule has 9 heteroatoms. The predicted molar refractivity (Wildman–Crippen MR) is 97.0 cm³/mol. The van der Waals surface area contributed by atoms with E-state index in [-0.39, 0.29) is 36.3 Å². The molecular weight excluding hydrogens is 358 g/mol. The minimum atomic E-state index is -0.400. The van der Waals surface area contributed by atoms with Gasteiger partial charge in [0.1, 0.15) is 5.84 Å². The number of amidine groups is 1. The van der Waals surface area contributed by atoms with Crippen molar-refractivity contribution >= 4 is 34.9 Å². The zero-order valence-electron chi connectivity index (χ0n) is 13.9. The number of amides is 2. The first-order valence-corrected chi connectivity index (χ1v) is 8.09. The molecule has 1 aromatic heterocycles. The fraction of sp³-hybridized carbons (Fsp3) is 0.176. The van der Waals surface area contributed by atoms with E-state index < -0.39 is 5.91 Å². The largest absolute Gasteiger partial charge is 0.480 e. The Bertz CT molecular complexity index is 929. The van der Waals surface area contributed by atoms with Crippen LogP contribution in [0.1, 0.15) is 26.3 Å². The maximum Gasteiger partial charge on any atom is 0.261 e. The normalized spacial score (nSPS) is 14.0. The molecule has 1 aliphatic rings. The van der Waals surface area contributed by atoms with Gasteiger partial charge in [0.05, 0.1) is 34.5 Å². The molecule has 0 spiro atoms. The fourth-order valence-electron chi connectivity index (χ4n) is 2.68. The van der Waals surface area contributed by atoms with Crippen LogP contribution in [-0.2, 0) is 0 Å². The van der Waals surface area contributed by atoms with Crippen molar-refractivity contribution in [2.45, 2.75) is 0 Å². The number of imide groups is 1. The molecule has 2 heterocycles. The first-order valence-electron chi connectivity index (χ1n) is 7.71. The van der Waals surface area contributed by atoms with Gasteiger partial charge in [-0.3, -0.25) is 14.5 Å². The number of halogens is 1. The van der Waals surface area contributed by atoms with E-state index >= 15 is 0 Å². The molecular formula is C17H16ClN5O3. The molecule has 0 atom stereocenters. The second-order valence-corrected chi connectivity index (χ2v) is 5.86. The number of nitrogens with two attached hydrogens (primary N) is 2. The molecule has 0 radical (unpaired) electrons. The summed E-state index contributed by atoms with van der Waals surface area (Å²) in [5.74, 6) is -0.449. The van der Waals surface area contributed by atoms with Crippen LogP contribution in [0.2, 0.25) is 5.02 Å². The summed E-state index contributed by atoms with van der Waals surface area (Å²) in [4.78, 5) is 34.1. The maximum atomic E-state index is 12.4. The summed E-state index contributed by atoms with van der Waals surface area (Å²) in [6, 6.07) is 6.22. The summed E-state index contributed by atoms with van der Waals surface area (Å²) in [6.45, 7) is 0.359. The smallest absolute Gasteiger partial charge is 0.261 e. The van der Waals surface area contributed by atoms with Gasteiger partial charge >= 0.3 is 0 Å². The summed E-state index contributed by atoms with van der Waals surface area (Å²) >= 11 is 6.16. The van der Waals surface area contributed by atoms with Crippen molar-refractivity contribution in [3.8, 4) is 5.88 Å². The number of methoxy groups -OCH3 is 1. The van der Waals surface area contributed by atoms with Gasteiger partial charge in [0, 0.05) is 19.3 Å². The third-order valence-electron chi connectivity index (χ3n) is 3.87. The lowest BCUT2D eigenvalue weighted by atomic mass is 10.1. The number of carbonyl (C=O) groups is 2. The van der Waals surface area contributed by atoms with Crippen LogP contribution in [-0.4, -0.2) is 47.7 Å². The second kappa shape index (κ2) is 7.11. The summed E-state index contributed by atoms with van der Waals surface area (Å²) in [7, 11) is 1.45. The van der Waals surface area contributed by atoms with E-state index in [2.05, 4.69) is 9.98 Å². The average molecular weight is 374 g/mol. The van der Waals surface area contributed by atoms with Gasteiger partial charge < -0.3 is 16.2 Å². The first kappa shape index (κ1) is 17.8. The number of nitrogens with zero attached hydrogens (tertiary/aromatic N) is 3. The Morgan fingerprint density at radius 3 is 2.69 bits per heavy atom. The minimum absolute atomic E-state index is 0.0792. The Morgan fingerprint density at radius 1 is 1.27 bits per heavy atom. The number of hydrogen-bond donors (Lipinski definition) is 2. The van der Waals surface area contributed by atoms with Crippen molar-refractivity contribution in [1.82, 2.24) is 9.88 Å². The van der Waals surface area contributed by atoms with Crippen LogP contribution in [0.4, 0.5) is 5.69 Å². The van der Waals surface area contributed by atoms with Crippen LogP contribution in [0.15, 0.2) is 35.5 Å². The standard InChI is InChI=1S/C17H16ClN5O3/c1-26-15-13(12(18)4-6-21-15)14(20)22-9-2-3-10-11(8-9)17(25)23(7-5-19)16(10)24/h2-4,6,8H,5,7,19H2,1H3,(H2,20,22). The number of ether oxygens (including phenoxy) is 1. The van der Waals surface area contributed by atoms with E-state index in [0.29, 0.717) is 21.8 Å². The molecule has 3 rings (SSSR count). The van der Waals surface area contributed by atoms with Gasteiger partial charge in [-0.25, -0.2) is 9.98 Å². The highest BCUT2D eigenvalue weighted by Gasteiger charge is 2.35. The van der Waals surface area contributed by atoms with Gasteiger partial charge in [0.2, 0.25) is 5.88 Å². The number of carbonyl (C=O) groups excluding carboxylic acids is 2. The number of hydrogen-bond acceptors (Lipinski definition) is 6. The number of benzene rings is 1. The molecule has 8 nitrogen and oxygen atoms in total. The summed E-state index contributed by atoms with van der Waals surface area (Å²) in [6.07, 6.45) is 1.49. The lowest BCUT2D eigenvalue weighted by Crippen LogP contribution is -2.34. The minimum Gasteiger partial charge on any atom is -0.480 e. The molecule has 1 aromatic carbocycles. The Kier molecular flexibility index (Phi) is 4.88. The van der Waals surface area contributed by atoms with Crippen LogP contribution < -0.4 is 16.2 Å². The number of aliphatic imine (C=N–C) groups is 1. The molecule has 0 bridgehead atoms. The molecule has 0 fully saturated rings. The zero-order valence-corrected chi connectivity index (χ0v) is 14.7. The summed E-state index contributed by atoms with van der Waals surface area (Å²) < 4.78 is 5.16. The molecule has 2 aromatic rings. The van der Waals surface area contributed by atoms with E-state index in [1.165, 1.54) is 19.4 Å². The molecule has 26 heavy (non-hydrogen) atoms. The van der Waals surface area contributed by atoms with Gasteiger partial charge in [0.25, 0.3) is 11.8 Å². The monoisotopic (exact) mass is 373 g/mol. The van der Waals surface area contributed by atoms with Gasteiger partial charge in [-0.05, 0) is 24.3 Å². The van der Waals surface area contributed by atoms with Crippen LogP contribution in [0.5, 0.6) is 5.88 Å². The van der Waals surface area contributed by atoms with E-state index in [4.69, 9.17) is 27.8 Å². The molecule has 0 unspecified atom stereocenters. The van der Waals surface area contributed by atoms with Crippen molar-refractivity contribution in [1.29, 1.82) is 0 Å². The molecule has 134 valence electrons. The number of aromatic nitrogens is 1. The highest BCUT2D eigenvalue weighted by molar-refractivity contribution is 6.34. The highest BCUT2D eigenvalue weighted by atomic mass is 35.5. The lowest BCUT2D eigenvalue weighted by Gasteiger charge is -2.11. The van der Waals surface area contributed by atoms with Crippen LogP contribution in [0, 0.1) is 0 Å². The maximum absolute atomic E-state index is 12.4. The predicted octanol–water partition coefficient (Wildman–Crippen LogP) is 1.34. The van der Waals surface area contributed by atoms with Gasteiger partial charge in [0.15, 0.2) is 0 Å². The zero-order chi connectivity index (χ0) is 18.8. The Morgan fingerprint density at radius 2 is 2.00 bits per heavy atom. The SMILES string of the molecule is COc1nccc(Cl)c1C(N)=Nc1ccc2c(c1)C(=O)N(CCN)C2=O. The van der Waals surface area contributed by atoms with E-state index in [9.17, 15) is 9.59 Å². The van der Waals surface area contributed by atoms with Gasteiger partial charge in [-0.15, -0.1) is 0 Å². The Labute approximate surface area is 154 Å². The lowest BCUT2D eigenvalue weighted by molar-refractivity contribution is 0.0659. The second-order valence-electron chi connectivity index (χ2n) is 5.45. The molecule has 0 aliphatic carbocycles. The van der Waals surface area contributed by atoms with Crippen LogP contribution in [0.25, 0.3) is 0 Å². The van der Waals surface area contributed by atoms with E-state index in [1.54, 1.807) is 18.2 Å². The van der Waals surface area contributed by atoms with Crippen molar-refractivity contribution in [2.75, 3.05) is 20.2 Å². The molecule has 1 aliphatic heterocycles. The van der Waals surface area contributed by atoms with Crippen molar-refractivity contribution in [2.24, 2.45) is 16.5 Å². The van der Waals surface area contributed by atoms with Crippen LogP contribution in [0.3, 0.4) is 0 Å². The topological polar surface area (TPSA) is 124 Å². The number of pyridine rings is 1. The van der Waals surface area contributed by atoms with Gasteiger partial charge in [-0.1, -0.05) is 11.6 Å². The van der Waals surface area contributed by atoms with E-state index in [0.717, 1.165) is 4.90 Å². The third-order valence-corrected chi connectivity index (χ3v) is 4.19. The van der Waals surface area contributed by atoms with Crippen molar-refractivity contribution in [3.05, 3.63) is 52.2 Å². The van der Waals surface area contributed by atoms with Gasteiger partial charge in [-0.2, -0.15) is 0 Å². The molecule has 2 amide bonds. The summed E-state index contributed by atoms with van der Waals surface area (Å²) in [5.41, 5.74) is 12.8. The Hall–Kier alpha value is -2.97. The van der Waals surface area contributed by atoms with Crippen molar-refractivity contribution in [3.63, 3.8) is 0 Å². The number of rotatable bonds is 5. The Balaban J connectivity index is 2.00. The highest BCUT2D eigenvalue weighted by Crippen LogP contribution is 2.29. The average Bonchev–Trinajstić information content (AvgIpc) is 2.86. The quantitative estimate of drug-likeness (QED) is 0.463.